The summed E-state index contributed by atoms with van der Waals surface area (Å²) in [6.45, 7) is 0. The summed E-state index contributed by atoms with van der Waals surface area (Å²) in [5.74, 6) is 5.74. The lowest BCUT2D eigenvalue weighted by molar-refractivity contribution is 0.474. The molecule has 2 aromatic rings. The van der Waals surface area contributed by atoms with Gasteiger partial charge in [-0.3, -0.25) is 4.55 Å². The van der Waals surface area contributed by atoms with Crippen LogP contribution in [0.4, 0.5) is 0 Å². The molecule has 0 radical (unpaired) electrons. The van der Waals surface area contributed by atoms with E-state index >= 15 is 0 Å². The van der Waals surface area contributed by atoms with Gasteiger partial charge in [0.25, 0.3) is 10.1 Å². The van der Waals surface area contributed by atoms with Crippen LogP contribution in [-0.4, -0.2) is 18.1 Å². The molecule has 4 N–H and O–H groups in total. The van der Waals surface area contributed by atoms with Crippen LogP contribution in [-0.2, 0) is 10.1 Å². The van der Waals surface area contributed by atoms with Crippen LogP contribution in [0.1, 0.15) is 0 Å². The Morgan fingerprint density at radius 1 is 0.963 bits per heavy atom. The average Bonchev–Trinajstić information content (AvgIpc) is 2.64. The Morgan fingerprint density at radius 2 is 1.74 bits per heavy atom. The van der Waals surface area contributed by atoms with Crippen molar-refractivity contribution < 1.29 is 22.5 Å². The van der Waals surface area contributed by atoms with Gasteiger partial charge in [0.2, 0.25) is 0 Å². The SMILES string of the molecule is N/N=c1\ccc2c(-c3ccccc3S(=O)(=O)O)c3ccc(O)cc3oc-2c1. The minimum absolute atomic E-state index is 0.000665. The molecule has 8 heteroatoms. The fourth-order valence-electron chi connectivity index (χ4n) is 3.14. The van der Waals surface area contributed by atoms with Gasteiger partial charge in [-0.05, 0) is 30.3 Å². The maximum absolute atomic E-state index is 11.9. The highest BCUT2D eigenvalue weighted by Crippen LogP contribution is 2.42. The Morgan fingerprint density at radius 3 is 2.48 bits per heavy atom. The number of phenolic OH excluding ortho intramolecular Hbond substituents is 1. The van der Waals surface area contributed by atoms with Crippen LogP contribution in [0.3, 0.4) is 0 Å². The molecule has 27 heavy (non-hydrogen) atoms. The van der Waals surface area contributed by atoms with E-state index in [1.807, 2.05) is 0 Å². The zero-order valence-corrected chi connectivity index (χ0v) is 14.6. The van der Waals surface area contributed by atoms with Gasteiger partial charge in [0.15, 0.2) is 0 Å². The summed E-state index contributed by atoms with van der Waals surface area (Å²) in [5, 5.41) is 14.5. The predicted molar refractivity (Wildman–Crippen MR) is 99.5 cm³/mol. The fourth-order valence-corrected chi connectivity index (χ4v) is 3.83. The minimum Gasteiger partial charge on any atom is -0.508 e. The predicted octanol–water partition coefficient (Wildman–Crippen LogP) is 2.93. The molecule has 2 aliphatic rings. The average molecular weight is 382 g/mol. The lowest BCUT2D eigenvalue weighted by atomic mass is 9.93. The van der Waals surface area contributed by atoms with Crippen molar-refractivity contribution in [1.82, 2.24) is 0 Å². The number of hydrogen-bond donors (Lipinski definition) is 3. The van der Waals surface area contributed by atoms with E-state index in [0.29, 0.717) is 38.8 Å². The van der Waals surface area contributed by atoms with Crippen LogP contribution in [0.2, 0.25) is 0 Å². The summed E-state index contributed by atoms with van der Waals surface area (Å²) in [6, 6.07) is 15.7. The summed E-state index contributed by atoms with van der Waals surface area (Å²) < 4.78 is 39.4. The third-order valence-electron chi connectivity index (χ3n) is 4.27. The maximum atomic E-state index is 11.9. The molecule has 0 bridgehead atoms. The molecule has 0 amide bonds. The largest absolute Gasteiger partial charge is 0.508 e. The highest BCUT2D eigenvalue weighted by molar-refractivity contribution is 7.86. The molecule has 1 aliphatic heterocycles. The molecular formula is C19H14N2O5S. The van der Waals surface area contributed by atoms with Crippen LogP contribution in [0.15, 0.2) is 75.1 Å². The molecule has 1 aliphatic carbocycles. The zero-order valence-electron chi connectivity index (χ0n) is 13.8. The Kier molecular flexibility index (Phi) is 3.87. The first-order valence-corrected chi connectivity index (χ1v) is 9.33. The van der Waals surface area contributed by atoms with E-state index in [1.54, 1.807) is 36.4 Å². The van der Waals surface area contributed by atoms with Crippen LogP contribution in [0, 0.1) is 0 Å². The Hall–Kier alpha value is -3.36. The maximum Gasteiger partial charge on any atom is 0.295 e. The van der Waals surface area contributed by atoms with Gasteiger partial charge >= 0.3 is 0 Å². The topological polar surface area (TPSA) is 126 Å². The van der Waals surface area contributed by atoms with Gasteiger partial charge in [-0.25, -0.2) is 0 Å². The van der Waals surface area contributed by atoms with E-state index in [9.17, 15) is 18.1 Å². The number of phenols is 1. The smallest absolute Gasteiger partial charge is 0.295 e. The van der Waals surface area contributed by atoms with Crippen molar-refractivity contribution in [2.24, 2.45) is 10.9 Å². The van der Waals surface area contributed by atoms with Crippen molar-refractivity contribution in [3.63, 3.8) is 0 Å². The summed E-state index contributed by atoms with van der Waals surface area (Å²) in [7, 11) is -4.46. The van der Waals surface area contributed by atoms with Gasteiger partial charge < -0.3 is 15.4 Å². The lowest BCUT2D eigenvalue weighted by Crippen LogP contribution is -2.06. The van der Waals surface area contributed by atoms with Crippen molar-refractivity contribution >= 4 is 21.1 Å². The molecule has 0 saturated heterocycles. The number of aromatic hydroxyl groups is 1. The molecule has 1 heterocycles. The summed E-state index contributed by atoms with van der Waals surface area (Å²) in [5.41, 5.74) is 1.81. The molecule has 0 saturated carbocycles. The van der Waals surface area contributed by atoms with E-state index in [4.69, 9.17) is 10.3 Å². The van der Waals surface area contributed by atoms with E-state index in [1.165, 1.54) is 24.3 Å². The first-order chi connectivity index (χ1) is 12.9. The number of nitrogens with zero attached hydrogens (tertiary/aromatic N) is 1. The van der Waals surface area contributed by atoms with Crippen LogP contribution >= 0.6 is 0 Å². The van der Waals surface area contributed by atoms with Gasteiger partial charge in [-0.2, -0.15) is 13.5 Å². The third kappa shape index (κ3) is 2.90. The second-order valence-corrected chi connectivity index (χ2v) is 7.33. The third-order valence-corrected chi connectivity index (χ3v) is 5.18. The van der Waals surface area contributed by atoms with E-state index in [-0.39, 0.29) is 10.6 Å². The summed E-state index contributed by atoms with van der Waals surface area (Å²) >= 11 is 0. The highest BCUT2D eigenvalue weighted by atomic mass is 32.2. The van der Waals surface area contributed by atoms with Crippen molar-refractivity contribution in [2.45, 2.75) is 4.90 Å². The van der Waals surface area contributed by atoms with E-state index in [2.05, 4.69) is 5.10 Å². The number of hydrogen-bond acceptors (Lipinski definition) is 6. The standard InChI is InChI=1S/C19H14N2O5S/c20-21-11-5-7-13-16(9-11)26-17-10-12(22)6-8-14(17)19(13)15-3-1-2-4-18(15)27(23,24)25/h1-10,22H,20H2,(H,23,24,25)/b21-11+. The normalized spacial score (nSPS) is 12.7. The molecule has 0 unspecified atom stereocenters. The molecule has 0 atom stereocenters. The molecule has 2 aromatic carbocycles. The van der Waals surface area contributed by atoms with Gasteiger partial charge in [-0.15, -0.1) is 0 Å². The van der Waals surface area contributed by atoms with Crippen LogP contribution < -0.4 is 11.2 Å². The van der Waals surface area contributed by atoms with Crippen molar-refractivity contribution in [2.75, 3.05) is 0 Å². The molecule has 0 fully saturated rings. The Bertz CT molecular complexity index is 1330. The molecule has 0 spiro atoms. The molecular weight excluding hydrogens is 368 g/mol. The van der Waals surface area contributed by atoms with E-state index in [0.717, 1.165) is 0 Å². The molecule has 0 aromatic heterocycles. The van der Waals surface area contributed by atoms with Gasteiger partial charge in [0.1, 0.15) is 22.0 Å². The highest BCUT2D eigenvalue weighted by Gasteiger charge is 2.23. The zero-order chi connectivity index (χ0) is 19.2. The molecule has 136 valence electrons. The monoisotopic (exact) mass is 382 g/mol. The van der Waals surface area contributed by atoms with Crippen LogP contribution in [0.5, 0.6) is 5.75 Å². The van der Waals surface area contributed by atoms with Gasteiger partial charge in [-0.1, -0.05) is 18.2 Å². The van der Waals surface area contributed by atoms with Gasteiger partial charge in [0.05, 0.1) is 5.36 Å². The molecule has 4 rings (SSSR count). The quantitative estimate of drug-likeness (QED) is 0.212. The molecule has 7 nitrogen and oxygen atoms in total. The Balaban J connectivity index is 2.23. The lowest BCUT2D eigenvalue weighted by Gasteiger charge is -2.17. The minimum atomic E-state index is -4.46. The first kappa shape index (κ1) is 17.1. The second kappa shape index (κ2) is 6.11. The van der Waals surface area contributed by atoms with Crippen molar-refractivity contribution in [3.8, 4) is 28.2 Å². The summed E-state index contributed by atoms with van der Waals surface area (Å²) in [4.78, 5) is -0.223. The van der Waals surface area contributed by atoms with Gasteiger partial charge in [0, 0.05) is 34.2 Å². The number of fused-ring (bicyclic) bond motifs is 2. The second-order valence-electron chi connectivity index (χ2n) is 5.94. The van der Waals surface area contributed by atoms with E-state index < -0.39 is 10.1 Å². The fraction of sp³-hybridized carbons (Fsp3) is 0. The number of nitrogens with two attached hydrogens (primary N) is 1. The number of benzene rings is 3. The van der Waals surface area contributed by atoms with Crippen molar-refractivity contribution in [1.29, 1.82) is 0 Å². The number of rotatable bonds is 2. The van der Waals surface area contributed by atoms with Crippen molar-refractivity contribution in [3.05, 3.63) is 66.0 Å². The van der Waals surface area contributed by atoms with Crippen LogP contribution in [0.25, 0.3) is 33.4 Å². The Labute approximate surface area is 154 Å². The first-order valence-electron chi connectivity index (χ1n) is 7.89. The summed E-state index contributed by atoms with van der Waals surface area (Å²) in [6.07, 6.45) is 0.